The predicted molar refractivity (Wildman–Crippen MR) is 92.5 cm³/mol. The van der Waals surface area contributed by atoms with Crippen LogP contribution in [-0.2, 0) is 21.4 Å². The Morgan fingerprint density at radius 2 is 2.00 bits per heavy atom. The van der Waals surface area contributed by atoms with Gasteiger partial charge < -0.3 is 0 Å². The second-order valence-corrected chi connectivity index (χ2v) is 7.58. The van der Waals surface area contributed by atoms with Gasteiger partial charge in [0.15, 0.2) is 0 Å². The van der Waals surface area contributed by atoms with Crippen LogP contribution in [0.3, 0.4) is 0 Å². The summed E-state index contributed by atoms with van der Waals surface area (Å²) in [5.41, 5.74) is 2.82. The molecule has 9 heteroatoms. The Hall–Kier alpha value is -2.36. The number of nitrogens with zero attached hydrogens (tertiary/aromatic N) is 2. The molecule has 2 N–H and O–H groups in total. The highest BCUT2D eigenvalue weighted by Gasteiger charge is 2.35. The minimum absolute atomic E-state index is 0.0263. The summed E-state index contributed by atoms with van der Waals surface area (Å²) < 4.78 is 40.1. The van der Waals surface area contributed by atoms with Crippen molar-refractivity contribution in [3.63, 3.8) is 0 Å². The molecule has 1 heterocycles. The lowest BCUT2D eigenvalue weighted by molar-refractivity contribution is -0.133. The van der Waals surface area contributed by atoms with E-state index in [1.54, 1.807) is 24.3 Å². The number of hydrogen-bond acceptors (Lipinski definition) is 5. The topological polar surface area (TPSA) is 99.6 Å². The van der Waals surface area contributed by atoms with E-state index in [4.69, 9.17) is 5.21 Å². The Balaban J connectivity index is 2.50. The molecule has 0 saturated heterocycles. The zero-order valence-electron chi connectivity index (χ0n) is 14.2. The zero-order valence-corrected chi connectivity index (χ0v) is 15.0. The normalized spacial score (nSPS) is 12.8. The number of amides is 1. The second kappa shape index (κ2) is 8.84. The van der Waals surface area contributed by atoms with Gasteiger partial charge in [-0.2, -0.15) is 4.31 Å². The summed E-state index contributed by atoms with van der Waals surface area (Å²) in [6, 6.07) is 7.97. The number of sulfonamides is 1. The lowest BCUT2D eigenvalue weighted by atomic mass is 10.2. The molecule has 0 spiro atoms. The molecule has 0 fully saturated rings. The number of benzene rings is 1. The van der Waals surface area contributed by atoms with E-state index in [1.807, 2.05) is 6.92 Å². The fourth-order valence-electron chi connectivity index (χ4n) is 2.46. The highest BCUT2D eigenvalue weighted by atomic mass is 32.2. The standard InChI is InChI=1S/C17H20FN3O4S/c1-13-4-6-15(7-5-13)26(24,25)21(12-14-3-2-10-19-11-14)16(8-9-18)17(22)20-23/h2-7,10-11,16,23H,8-9,12H2,1H3,(H,20,22)/t16-/m1/s1. The maximum Gasteiger partial charge on any atom is 0.261 e. The van der Waals surface area contributed by atoms with Crippen LogP contribution in [0.5, 0.6) is 0 Å². The number of rotatable bonds is 8. The summed E-state index contributed by atoms with van der Waals surface area (Å²) in [6.07, 6.45) is 2.60. The van der Waals surface area contributed by atoms with Gasteiger partial charge in [-0.25, -0.2) is 13.9 Å². The smallest absolute Gasteiger partial charge is 0.261 e. The Labute approximate surface area is 151 Å². The predicted octanol–water partition coefficient (Wildman–Crippen LogP) is 1.81. The number of hydrogen-bond donors (Lipinski definition) is 2. The molecule has 0 saturated carbocycles. The molecular formula is C17H20FN3O4S. The Morgan fingerprint density at radius 1 is 1.31 bits per heavy atom. The lowest BCUT2D eigenvalue weighted by Crippen LogP contribution is -2.48. The van der Waals surface area contributed by atoms with Gasteiger partial charge in [-0.15, -0.1) is 0 Å². The van der Waals surface area contributed by atoms with Gasteiger partial charge in [0.05, 0.1) is 11.6 Å². The summed E-state index contributed by atoms with van der Waals surface area (Å²) >= 11 is 0. The van der Waals surface area contributed by atoms with Gasteiger partial charge in [0.1, 0.15) is 6.04 Å². The maximum absolute atomic E-state index is 13.1. The van der Waals surface area contributed by atoms with E-state index < -0.39 is 35.1 Å². The highest BCUT2D eigenvalue weighted by Crippen LogP contribution is 2.23. The van der Waals surface area contributed by atoms with Gasteiger partial charge in [-0.05, 0) is 30.7 Å². The van der Waals surface area contributed by atoms with Crippen LogP contribution in [0, 0.1) is 6.92 Å². The van der Waals surface area contributed by atoms with Crippen LogP contribution in [0.4, 0.5) is 4.39 Å². The number of hydroxylamine groups is 1. The molecule has 2 rings (SSSR count). The largest absolute Gasteiger partial charge is 0.289 e. The first kappa shape index (κ1) is 20.0. The minimum atomic E-state index is -4.13. The van der Waals surface area contributed by atoms with Crippen molar-refractivity contribution in [2.24, 2.45) is 0 Å². The first-order valence-corrected chi connectivity index (χ1v) is 9.31. The maximum atomic E-state index is 13.1. The van der Waals surface area contributed by atoms with Gasteiger partial charge in [-0.1, -0.05) is 23.8 Å². The molecule has 0 aliphatic rings. The molecule has 0 aliphatic carbocycles. The van der Waals surface area contributed by atoms with Crippen LogP contribution in [-0.4, -0.2) is 41.5 Å². The number of alkyl halides is 1. The Bertz CT molecular complexity index is 829. The molecule has 7 nitrogen and oxygen atoms in total. The summed E-state index contributed by atoms with van der Waals surface area (Å²) in [5, 5.41) is 8.96. The van der Waals surface area contributed by atoms with E-state index in [0.717, 1.165) is 9.87 Å². The Morgan fingerprint density at radius 3 is 2.54 bits per heavy atom. The molecule has 26 heavy (non-hydrogen) atoms. The van der Waals surface area contributed by atoms with Gasteiger partial charge in [-0.3, -0.25) is 19.4 Å². The molecule has 1 amide bonds. The molecule has 2 aromatic rings. The third kappa shape index (κ3) is 4.63. The number of halogens is 1. The number of pyridine rings is 1. The molecule has 1 aromatic heterocycles. The van der Waals surface area contributed by atoms with Crippen molar-refractivity contribution in [3.8, 4) is 0 Å². The fourth-order valence-corrected chi connectivity index (χ4v) is 4.07. The Kier molecular flexibility index (Phi) is 6.78. The van der Waals surface area contributed by atoms with Gasteiger partial charge in [0.2, 0.25) is 10.0 Å². The minimum Gasteiger partial charge on any atom is -0.289 e. The highest BCUT2D eigenvalue weighted by molar-refractivity contribution is 7.89. The third-order valence-corrected chi connectivity index (χ3v) is 5.70. The van der Waals surface area contributed by atoms with Crippen molar-refractivity contribution >= 4 is 15.9 Å². The number of nitrogens with one attached hydrogen (secondary N) is 1. The third-order valence-electron chi connectivity index (χ3n) is 3.83. The van der Waals surface area contributed by atoms with Crippen LogP contribution in [0.1, 0.15) is 17.5 Å². The van der Waals surface area contributed by atoms with Crippen molar-refractivity contribution in [2.45, 2.75) is 30.8 Å². The molecule has 1 atom stereocenters. The van der Waals surface area contributed by atoms with E-state index in [2.05, 4.69) is 4.98 Å². The fraction of sp³-hybridized carbons (Fsp3) is 0.294. The summed E-state index contributed by atoms with van der Waals surface area (Å²) in [4.78, 5) is 15.9. The molecule has 0 radical (unpaired) electrons. The van der Waals surface area contributed by atoms with Gasteiger partial charge >= 0.3 is 0 Å². The van der Waals surface area contributed by atoms with Gasteiger partial charge in [0.25, 0.3) is 5.91 Å². The van der Waals surface area contributed by atoms with E-state index in [9.17, 15) is 17.6 Å². The summed E-state index contributed by atoms with van der Waals surface area (Å²) in [6.45, 7) is 0.697. The second-order valence-electron chi connectivity index (χ2n) is 5.69. The quantitative estimate of drug-likeness (QED) is 0.537. The van der Waals surface area contributed by atoms with Gasteiger partial charge in [0, 0.05) is 25.4 Å². The van der Waals surface area contributed by atoms with E-state index >= 15 is 0 Å². The number of aromatic nitrogens is 1. The number of carbonyl (C=O) groups excluding carboxylic acids is 1. The average molecular weight is 381 g/mol. The van der Waals surface area contributed by atoms with Crippen LogP contribution in [0.15, 0.2) is 53.7 Å². The van der Waals surface area contributed by atoms with E-state index in [1.165, 1.54) is 30.0 Å². The van der Waals surface area contributed by atoms with Crippen LogP contribution < -0.4 is 5.48 Å². The van der Waals surface area contributed by atoms with E-state index in [-0.39, 0.29) is 11.4 Å². The van der Waals surface area contributed by atoms with E-state index in [0.29, 0.717) is 5.56 Å². The number of aryl methyl sites for hydroxylation is 1. The molecule has 0 bridgehead atoms. The van der Waals surface area contributed by atoms with Crippen molar-refractivity contribution < 1.29 is 22.8 Å². The first-order valence-electron chi connectivity index (χ1n) is 7.87. The average Bonchev–Trinajstić information content (AvgIpc) is 2.65. The van der Waals surface area contributed by atoms with Crippen LogP contribution >= 0.6 is 0 Å². The molecular weight excluding hydrogens is 361 g/mol. The van der Waals surface area contributed by atoms with Crippen molar-refractivity contribution in [3.05, 3.63) is 59.9 Å². The first-order chi connectivity index (χ1) is 12.4. The van der Waals surface area contributed by atoms with Crippen molar-refractivity contribution in [1.82, 2.24) is 14.8 Å². The van der Waals surface area contributed by atoms with Crippen LogP contribution in [0.25, 0.3) is 0 Å². The number of carbonyl (C=O) groups is 1. The van der Waals surface area contributed by atoms with Crippen LogP contribution in [0.2, 0.25) is 0 Å². The zero-order chi connectivity index (χ0) is 19.2. The van der Waals surface area contributed by atoms with Crippen molar-refractivity contribution in [1.29, 1.82) is 0 Å². The monoisotopic (exact) mass is 381 g/mol. The molecule has 1 aromatic carbocycles. The lowest BCUT2D eigenvalue weighted by Gasteiger charge is -2.29. The molecule has 0 unspecified atom stereocenters. The molecule has 140 valence electrons. The molecule has 0 aliphatic heterocycles. The summed E-state index contributed by atoms with van der Waals surface area (Å²) in [7, 11) is -4.13. The SMILES string of the molecule is Cc1ccc(S(=O)(=O)N(Cc2cccnc2)[C@H](CCF)C(=O)NO)cc1. The summed E-state index contributed by atoms with van der Waals surface area (Å²) in [5.74, 6) is -0.998. The van der Waals surface area contributed by atoms with Crippen molar-refractivity contribution in [2.75, 3.05) is 6.67 Å².